The van der Waals surface area contributed by atoms with Crippen molar-refractivity contribution in [2.45, 2.75) is 20.0 Å². The van der Waals surface area contributed by atoms with Crippen LogP contribution in [0, 0.1) is 0 Å². The summed E-state index contributed by atoms with van der Waals surface area (Å²) in [6.45, 7) is 2.83. The minimum Gasteiger partial charge on any atom is -0.490 e. The van der Waals surface area contributed by atoms with Crippen molar-refractivity contribution >= 4 is 17.3 Å². The van der Waals surface area contributed by atoms with Gasteiger partial charge in [0.15, 0.2) is 11.4 Å². The molecular weight excluding hydrogens is 420 g/mol. The number of benzene rings is 2. The summed E-state index contributed by atoms with van der Waals surface area (Å²) in [5.41, 5.74) is 1.92. The molecule has 0 aliphatic rings. The maximum atomic E-state index is 13.2. The Kier molecular flexibility index (Phi) is 6.84. The van der Waals surface area contributed by atoms with Crippen molar-refractivity contribution in [1.82, 2.24) is 15.1 Å². The zero-order chi connectivity index (χ0) is 23.0. The molecule has 0 fully saturated rings. The van der Waals surface area contributed by atoms with Gasteiger partial charge in [-0.1, -0.05) is 36.4 Å². The van der Waals surface area contributed by atoms with Crippen molar-refractivity contribution in [3.05, 3.63) is 106 Å². The van der Waals surface area contributed by atoms with Crippen molar-refractivity contribution in [3.63, 3.8) is 0 Å². The Morgan fingerprint density at radius 1 is 1.09 bits per heavy atom. The van der Waals surface area contributed by atoms with Crippen molar-refractivity contribution < 1.29 is 13.9 Å². The van der Waals surface area contributed by atoms with E-state index in [4.69, 9.17) is 9.15 Å². The highest BCUT2D eigenvalue weighted by molar-refractivity contribution is 5.95. The van der Waals surface area contributed by atoms with E-state index in [2.05, 4.69) is 15.7 Å². The second kappa shape index (κ2) is 10.3. The number of carbonyl (C=O) groups excluding carboxylic acids is 1. The molecule has 2 heterocycles. The molecule has 0 saturated heterocycles. The lowest BCUT2D eigenvalue weighted by molar-refractivity contribution is 0.0948. The third-order valence-corrected chi connectivity index (χ3v) is 4.88. The first-order valence-electron chi connectivity index (χ1n) is 10.6. The number of hydrogen-bond acceptors (Lipinski definition) is 6. The first kappa shape index (κ1) is 21.9. The lowest BCUT2D eigenvalue weighted by atomic mass is 10.2. The van der Waals surface area contributed by atoms with Crippen LogP contribution in [0.5, 0.6) is 5.75 Å². The predicted molar refractivity (Wildman–Crippen MR) is 125 cm³/mol. The van der Waals surface area contributed by atoms with Gasteiger partial charge in [0.1, 0.15) is 5.76 Å². The fourth-order valence-electron chi connectivity index (χ4n) is 3.29. The molecule has 8 nitrogen and oxygen atoms in total. The fourth-order valence-corrected chi connectivity index (χ4v) is 3.29. The van der Waals surface area contributed by atoms with Crippen LogP contribution in [0.2, 0.25) is 0 Å². The number of nitrogens with zero attached hydrogens (tertiary/aromatic N) is 2. The van der Waals surface area contributed by atoms with Gasteiger partial charge in [0, 0.05) is 11.3 Å². The second-order valence-electron chi connectivity index (χ2n) is 7.23. The van der Waals surface area contributed by atoms with Crippen LogP contribution in [0.3, 0.4) is 0 Å². The standard InChI is InChI=1S/C25H24N4O4/c1-2-32-22-16-27-29(17-18-8-4-3-5-9-18)25(31)23(22)28-20-11-6-10-19(14-20)24(30)26-15-21-12-7-13-33-21/h3-14,16,28H,2,15,17H2,1H3,(H,26,30). The molecule has 0 bridgehead atoms. The van der Waals surface area contributed by atoms with E-state index in [1.54, 1.807) is 42.7 Å². The Labute approximate surface area is 190 Å². The van der Waals surface area contributed by atoms with E-state index >= 15 is 0 Å². The normalized spacial score (nSPS) is 10.6. The zero-order valence-corrected chi connectivity index (χ0v) is 18.2. The molecule has 168 valence electrons. The van der Waals surface area contributed by atoms with Gasteiger partial charge in [0.2, 0.25) is 0 Å². The van der Waals surface area contributed by atoms with Crippen LogP contribution in [0.15, 0.2) is 88.4 Å². The molecule has 0 radical (unpaired) electrons. The van der Waals surface area contributed by atoms with Gasteiger partial charge < -0.3 is 19.8 Å². The molecule has 2 N–H and O–H groups in total. The Balaban J connectivity index is 1.57. The fraction of sp³-hybridized carbons (Fsp3) is 0.160. The highest BCUT2D eigenvalue weighted by Gasteiger charge is 2.15. The lowest BCUT2D eigenvalue weighted by Crippen LogP contribution is -2.26. The Morgan fingerprint density at radius 3 is 2.70 bits per heavy atom. The minimum atomic E-state index is -0.322. The van der Waals surface area contributed by atoms with Gasteiger partial charge in [0.25, 0.3) is 11.5 Å². The summed E-state index contributed by atoms with van der Waals surface area (Å²) in [4.78, 5) is 25.8. The molecule has 0 unspecified atom stereocenters. The van der Waals surface area contributed by atoms with Gasteiger partial charge >= 0.3 is 0 Å². The van der Waals surface area contributed by atoms with E-state index < -0.39 is 0 Å². The van der Waals surface area contributed by atoms with Crippen molar-refractivity contribution in [3.8, 4) is 5.75 Å². The Hall–Kier alpha value is -4.33. The zero-order valence-electron chi connectivity index (χ0n) is 18.2. The number of rotatable bonds is 9. The van der Waals surface area contributed by atoms with Gasteiger partial charge in [-0.05, 0) is 42.8 Å². The van der Waals surface area contributed by atoms with Crippen LogP contribution in [-0.2, 0) is 13.1 Å². The SMILES string of the molecule is CCOc1cnn(Cc2ccccc2)c(=O)c1Nc1cccc(C(=O)NCc2ccco2)c1. The average molecular weight is 444 g/mol. The molecule has 4 aromatic rings. The van der Waals surface area contributed by atoms with E-state index in [0.29, 0.717) is 35.9 Å². The maximum Gasteiger partial charge on any atom is 0.294 e. The van der Waals surface area contributed by atoms with Gasteiger partial charge in [0.05, 0.1) is 32.2 Å². The maximum absolute atomic E-state index is 13.2. The summed E-state index contributed by atoms with van der Waals surface area (Å²) in [5, 5.41) is 10.2. The summed E-state index contributed by atoms with van der Waals surface area (Å²) >= 11 is 0. The monoisotopic (exact) mass is 444 g/mol. The first-order chi connectivity index (χ1) is 16.1. The van der Waals surface area contributed by atoms with Crippen LogP contribution < -0.4 is 20.9 Å². The van der Waals surface area contributed by atoms with Gasteiger partial charge in [-0.15, -0.1) is 0 Å². The third-order valence-electron chi connectivity index (χ3n) is 4.88. The second-order valence-corrected chi connectivity index (χ2v) is 7.23. The van der Waals surface area contributed by atoms with Crippen molar-refractivity contribution in [1.29, 1.82) is 0 Å². The molecule has 0 aliphatic heterocycles. The van der Waals surface area contributed by atoms with E-state index in [0.717, 1.165) is 5.56 Å². The number of furan rings is 1. The predicted octanol–water partition coefficient (Wildman–Crippen LogP) is 3.96. The van der Waals surface area contributed by atoms with Crippen LogP contribution in [0.25, 0.3) is 0 Å². The first-order valence-corrected chi connectivity index (χ1v) is 10.6. The summed E-state index contributed by atoms with van der Waals surface area (Å²) in [5.74, 6) is 0.755. The lowest BCUT2D eigenvalue weighted by Gasteiger charge is -2.14. The molecule has 4 rings (SSSR count). The number of aromatic nitrogens is 2. The summed E-state index contributed by atoms with van der Waals surface area (Å²) < 4.78 is 12.2. The largest absolute Gasteiger partial charge is 0.490 e. The minimum absolute atomic E-state index is 0.253. The van der Waals surface area contributed by atoms with Crippen LogP contribution in [0.4, 0.5) is 11.4 Å². The summed E-state index contributed by atoms with van der Waals surface area (Å²) in [6.07, 6.45) is 3.08. The Morgan fingerprint density at radius 2 is 1.94 bits per heavy atom. The average Bonchev–Trinajstić information content (AvgIpc) is 3.36. The molecule has 1 amide bonds. The van der Waals surface area contributed by atoms with Gasteiger partial charge in [-0.3, -0.25) is 9.59 Å². The number of ether oxygens (including phenoxy) is 1. The highest BCUT2D eigenvalue weighted by atomic mass is 16.5. The molecule has 0 atom stereocenters. The molecular formula is C25H24N4O4. The number of nitrogens with one attached hydrogen (secondary N) is 2. The number of amides is 1. The molecule has 33 heavy (non-hydrogen) atoms. The van der Waals surface area contributed by atoms with E-state index in [1.807, 2.05) is 37.3 Å². The topological polar surface area (TPSA) is 98.4 Å². The van der Waals surface area contributed by atoms with Crippen LogP contribution in [-0.4, -0.2) is 22.3 Å². The number of hydrogen-bond donors (Lipinski definition) is 2. The van der Waals surface area contributed by atoms with Crippen LogP contribution >= 0.6 is 0 Å². The van der Waals surface area contributed by atoms with Crippen molar-refractivity contribution in [2.24, 2.45) is 0 Å². The smallest absolute Gasteiger partial charge is 0.294 e. The van der Waals surface area contributed by atoms with E-state index in [9.17, 15) is 9.59 Å². The summed E-state index contributed by atoms with van der Waals surface area (Å²) in [6, 6.07) is 20.1. The number of anilines is 2. The Bertz CT molecular complexity index is 1270. The van der Waals surface area contributed by atoms with E-state index in [1.165, 1.54) is 10.9 Å². The van der Waals surface area contributed by atoms with E-state index in [-0.39, 0.29) is 23.7 Å². The van der Waals surface area contributed by atoms with Crippen LogP contribution in [0.1, 0.15) is 28.6 Å². The van der Waals surface area contributed by atoms with Gasteiger partial charge in [-0.2, -0.15) is 5.10 Å². The molecule has 0 spiro atoms. The van der Waals surface area contributed by atoms with Gasteiger partial charge in [-0.25, -0.2) is 4.68 Å². The third kappa shape index (κ3) is 5.48. The molecule has 0 aliphatic carbocycles. The molecule has 0 saturated carbocycles. The number of carbonyl (C=O) groups is 1. The quantitative estimate of drug-likeness (QED) is 0.406. The molecule has 8 heteroatoms. The highest BCUT2D eigenvalue weighted by Crippen LogP contribution is 2.24. The molecule has 2 aromatic carbocycles. The molecule has 2 aromatic heterocycles. The summed E-state index contributed by atoms with van der Waals surface area (Å²) in [7, 11) is 0. The van der Waals surface area contributed by atoms with Crippen molar-refractivity contribution in [2.75, 3.05) is 11.9 Å².